The second kappa shape index (κ2) is 6.44. The van der Waals surface area contributed by atoms with Gasteiger partial charge in [-0.25, -0.2) is 0 Å². The molecule has 0 bridgehead atoms. The van der Waals surface area contributed by atoms with E-state index in [1.807, 2.05) is 0 Å². The Kier molecular flexibility index (Phi) is 5.49. The van der Waals surface area contributed by atoms with Crippen molar-refractivity contribution in [1.29, 1.82) is 0 Å². The zero-order valence-electron chi connectivity index (χ0n) is 8.43. The van der Waals surface area contributed by atoms with Gasteiger partial charge in [-0.1, -0.05) is 18.6 Å². The zero-order valence-corrected chi connectivity index (χ0v) is 9.19. The van der Waals surface area contributed by atoms with E-state index in [9.17, 15) is 0 Å². The Labute approximate surface area is 86.5 Å². The van der Waals surface area contributed by atoms with Gasteiger partial charge in [-0.3, -0.25) is 0 Å². The van der Waals surface area contributed by atoms with Crippen LogP contribution in [0, 0.1) is 11.8 Å². The quantitative estimate of drug-likeness (QED) is 0.410. The minimum Gasteiger partial charge on any atom is -0.313 e. The third-order valence-electron chi connectivity index (χ3n) is 2.92. The summed E-state index contributed by atoms with van der Waals surface area (Å²) in [6, 6.07) is 0. The lowest BCUT2D eigenvalue weighted by Gasteiger charge is -2.16. The summed E-state index contributed by atoms with van der Waals surface area (Å²) in [5.41, 5.74) is 0. The minimum atomic E-state index is 0.764. The minimum absolute atomic E-state index is 0.764. The monoisotopic (exact) mass is 201 g/mol. The maximum Gasteiger partial charge on any atom is 0.0254 e. The first-order valence-electron chi connectivity index (χ1n) is 5.26. The van der Waals surface area contributed by atoms with Gasteiger partial charge >= 0.3 is 0 Å². The highest BCUT2D eigenvalue weighted by molar-refractivity contribution is 6.18. The molecule has 0 aromatic carbocycles. The Hall–Kier alpha value is -0.0100. The third kappa shape index (κ3) is 3.70. The van der Waals surface area contributed by atoms with Crippen LogP contribution in [0.2, 0.25) is 0 Å². The van der Waals surface area contributed by atoms with Crippen molar-refractivity contribution in [3.63, 3.8) is 0 Å². The molecule has 0 spiro atoms. The van der Waals surface area contributed by atoms with Gasteiger partial charge in [0.2, 0.25) is 0 Å². The van der Waals surface area contributed by atoms with Crippen molar-refractivity contribution < 1.29 is 0 Å². The van der Waals surface area contributed by atoms with E-state index < -0.39 is 0 Å². The summed E-state index contributed by atoms with van der Waals surface area (Å²) < 4.78 is 0. The number of alkyl halides is 1. The molecule has 1 rings (SSSR count). The molecule has 0 aliphatic heterocycles. The average Bonchev–Trinajstić information content (AvgIpc) is 2.60. The normalized spacial score (nSPS) is 28.8. The molecular weight excluding hydrogens is 182 g/mol. The van der Waals surface area contributed by atoms with Gasteiger partial charge < -0.3 is 5.32 Å². The Morgan fingerprint density at radius 1 is 1.38 bits per heavy atom. The van der Waals surface area contributed by atoms with Crippen molar-refractivity contribution in [3.05, 3.63) is 12.2 Å². The van der Waals surface area contributed by atoms with Crippen LogP contribution in [0.15, 0.2) is 12.2 Å². The highest BCUT2D eigenvalue weighted by atomic mass is 35.5. The molecule has 1 aliphatic carbocycles. The summed E-state index contributed by atoms with van der Waals surface area (Å²) in [5.74, 6) is 2.43. The molecule has 0 amide bonds. The maximum atomic E-state index is 5.90. The molecule has 76 valence electrons. The van der Waals surface area contributed by atoms with Crippen LogP contribution >= 0.6 is 11.6 Å². The van der Waals surface area contributed by atoms with E-state index >= 15 is 0 Å². The van der Waals surface area contributed by atoms with E-state index in [1.54, 1.807) is 0 Å². The van der Waals surface area contributed by atoms with Gasteiger partial charge in [-0.05, 0) is 38.1 Å². The lowest BCUT2D eigenvalue weighted by Crippen LogP contribution is -2.26. The van der Waals surface area contributed by atoms with Gasteiger partial charge in [0.05, 0.1) is 0 Å². The number of hydrogen-bond donors (Lipinski definition) is 1. The van der Waals surface area contributed by atoms with Crippen molar-refractivity contribution in [2.24, 2.45) is 11.8 Å². The number of nitrogens with one attached hydrogen (secondary N) is 1. The molecule has 2 heteroatoms. The maximum absolute atomic E-state index is 5.90. The Morgan fingerprint density at radius 3 is 2.85 bits per heavy atom. The van der Waals surface area contributed by atoms with Gasteiger partial charge in [-0.2, -0.15) is 0 Å². The highest BCUT2D eigenvalue weighted by Crippen LogP contribution is 2.31. The second-order valence-corrected chi connectivity index (χ2v) is 4.14. The summed E-state index contributed by atoms with van der Waals surface area (Å²) in [6.07, 6.45) is 8.30. The van der Waals surface area contributed by atoms with Crippen LogP contribution in [0.5, 0.6) is 0 Å². The number of halogens is 1. The molecule has 0 heterocycles. The van der Waals surface area contributed by atoms with E-state index in [0.29, 0.717) is 0 Å². The average molecular weight is 202 g/mol. The van der Waals surface area contributed by atoms with E-state index in [-0.39, 0.29) is 0 Å². The van der Waals surface area contributed by atoms with Gasteiger partial charge in [0.1, 0.15) is 0 Å². The van der Waals surface area contributed by atoms with Crippen LogP contribution < -0.4 is 5.32 Å². The number of allylic oxidation sites excluding steroid dienone is 1. The van der Waals surface area contributed by atoms with Crippen molar-refractivity contribution >= 4 is 11.6 Å². The van der Waals surface area contributed by atoms with Gasteiger partial charge in [0.15, 0.2) is 0 Å². The van der Waals surface area contributed by atoms with Gasteiger partial charge in [0.25, 0.3) is 0 Å². The molecule has 0 saturated heterocycles. The molecule has 2 unspecified atom stereocenters. The van der Waals surface area contributed by atoms with E-state index in [2.05, 4.69) is 24.4 Å². The van der Waals surface area contributed by atoms with Gasteiger partial charge in [-0.15, -0.1) is 11.6 Å². The first-order chi connectivity index (χ1) is 6.38. The predicted molar refractivity (Wildman–Crippen MR) is 59.2 cm³/mol. The fraction of sp³-hybridized carbons (Fsp3) is 0.818. The highest BCUT2D eigenvalue weighted by Gasteiger charge is 2.25. The van der Waals surface area contributed by atoms with Crippen LogP contribution in [-0.2, 0) is 0 Å². The summed E-state index contributed by atoms with van der Waals surface area (Å²) in [5, 5.41) is 3.45. The Morgan fingerprint density at radius 2 is 2.15 bits per heavy atom. The number of hydrogen-bond acceptors (Lipinski definition) is 1. The van der Waals surface area contributed by atoms with Crippen molar-refractivity contribution in [2.45, 2.75) is 26.2 Å². The summed E-state index contributed by atoms with van der Waals surface area (Å²) in [7, 11) is 0. The second-order valence-electron chi connectivity index (χ2n) is 3.83. The van der Waals surface area contributed by atoms with Crippen LogP contribution in [0.1, 0.15) is 26.2 Å². The molecule has 1 saturated carbocycles. The van der Waals surface area contributed by atoms with Crippen LogP contribution in [0.4, 0.5) is 0 Å². The molecule has 1 aliphatic rings. The van der Waals surface area contributed by atoms with E-state index in [4.69, 9.17) is 11.6 Å². The van der Waals surface area contributed by atoms with Crippen molar-refractivity contribution in [1.82, 2.24) is 5.32 Å². The zero-order chi connectivity index (χ0) is 9.52. The predicted octanol–water partition coefficient (Wildman–Crippen LogP) is 2.81. The standard InChI is InChI=1S/C11H20ClN/c1-2-3-7-13-9-11-6-4-5-10(11)8-12/h2-3,10-11,13H,4-9H2,1H3/b3-2+. The first kappa shape index (κ1) is 11.1. The molecule has 0 aromatic rings. The molecule has 1 nitrogen and oxygen atoms in total. The molecular formula is C11H20ClN. The van der Waals surface area contributed by atoms with Crippen molar-refractivity contribution in [3.8, 4) is 0 Å². The molecule has 1 fully saturated rings. The smallest absolute Gasteiger partial charge is 0.0254 e. The lowest BCUT2D eigenvalue weighted by atomic mass is 9.98. The molecule has 1 N–H and O–H groups in total. The molecule has 13 heavy (non-hydrogen) atoms. The van der Waals surface area contributed by atoms with Crippen LogP contribution in [0.3, 0.4) is 0 Å². The topological polar surface area (TPSA) is 12.0 Å². The van der Waals surface area contributed by atoms with E-state index in [0.717, 1.165) is 30.8 Å². The van der Waals surface area contributed by atoms with Gasteiger partial charge in [0, 0.05) is 12.4 Å². The fourth-order valence-corrected chi connectivity index (χ4v) is 2.46. The van der Waals surface area contributed by atoms with E-state index in [1.165, 1.54) is 19.3 Å². The SMILES string of the molecule is C/C=C/CNCC1CCCC1CCl. The van der Waals surface area contributed by atoms with Crippen LogP contribution in [-0.4, -0.2) is 19.0 Å². The Balaban J connectivity index is 2.12. The van der Waals surface area contributed by atoms with Crippen LogP contribution in [0.25, 0.3) is 0 Å². The molecule has 0 aromatic heterocycles. The molecule has 2 atom stereocenters. The summed E-state index contributed by atoms with van der Waals surface area (Å²) in [4.78, 5) is 0. The van der Waals surface area contributed by atoms with Crippen molar-refractivity contribution in [2.75, 3.05) is 19.0 Å². The first-order valence-corrected chi connectivity index (χ1v) is 5.79. The lowest BCUT2D eigenvalue weighted by molar-refractivity contribution is 0.403. The summed E-state index contributed by atoms with van der Waals surface area (Å²) >= 11 is 5.90. The third-order valence-corrected chi connectivity index (χ3v) is 3.32. The molecule has 0 radical (unpaired) electrons. The largest absolute Gasteiger partial charge is 0.313 e. The summed E-state index contributed by atoms with van der Waals surface area (Å²) in [6.45, 7) is 4.20. The Bertz CT molecular complexity index is 156. The fourth-order valence-electron chi connectivity index (χ4n) is 2.06. The number of rotatable bonds is 5.